The molecular formula is C18H13Cl2N5O4S2. The van der Waals surface area contributed by atoms with Crippen molar-refractivity contribution in [1.29, 1.82) is 0 Å². The predicted octanol–water partition coefficient (Wildman–Crippen LogP) is 5.04. The Bertz CT molecular complexity index is 1170. The summed E-state index contributed by atoms with van der Waals surface area (Å²) in [6.45, 7) is 1.50. The Balaban J connectivity index is 1.57. The Morgan fingerprint density at radius 1 is 1.16 bits per heavy atom. The lowest BCUT2D eigenvalue weighted by Crippen LogP contribution is -2.14. The van der Waals surface area contributed by atoms with E-state index in [0.717, 1.165) is 23.1 Å². The van der Waals surface area contributed by atoms with Crippen molar-refractivity contribution in [3.05, 3.63) is 67.7 Å². The third kappa shape index (κ3) is 5.91. The second-order valence-corrected chi connectivity index (χ2v) is 9.01. The van der Waals surface area contributed by atoms with Gasteiger partial charge in [-0.1, -0.05) is 52.4 Å². The SMILES string of the molecule is Cc1c(C(=O)Nc2nnc(SCC(=O)Nc3ccc(Cl)c(Cl)c3)s2)cccc1[N+](=O)[O-]. The molecule has 0 radical (unpaired) electrons. The van der Waals surface area contributed by atoms with Crippen molar-refractivity contribution in [3.8, 4) is 0 Å². The highest BCUT2D eigenvalue weighted by molar-refractivity contribution is 8.01. The van der Waals surface area contributed by atoms with Crippen LogP contribution in [0, 0.1) is 17.0 Å². The molecule has 0 atom stereocenters. The number of benzene rings is 2. The van der Waals surface area contributed by atoms with Gasteiger partial charge in [0.15, 0.2) is 4.34 Å². The van der Waals surface area contributed by atoms with Crippen molar-refractivity contribution in [3.63, 3.8) is 0 Å². The summed E-state index contributed by atoms with van der Waals surface area (Å²) in [4.78, 5) is 35.0. The van der Waals surface area contributed by atoms with Crippen LogP contribution >= 0.6 is 46.3 Å². The third-order valence-corrected chi connectivity index (χ3v) is 6.61. The summed E-state index contributed by atoms with van der Waals surface area (Å²) in [6, 6.07) is 9.01. The van der Waals surface area contributed by atoms with E-state index in [1.165, 1.54) is 25.1 Å². The van der Waals surface area contributed by atoms with Crippen LogP contribution in [0.2, 0.25) is 10.0 Å². The van der Waals surface area contributed by atoms with E-state index >= 15 is 0 Å². The molecular weight excluding hydrogens is 485 g/mol. The Morgan fingerprint density at radius 3 is 2.65 bits per heavy atom. The maximum absolute atomic E-state index is 12.5. The summed E-state index contributed by atoms with van der Waals surface area (Å²) < 4.78 is 0.468. The van der Waals surface area contributed by atoms with Gasteiger partial charge in [0.1, 0.15) is 0 Å². The molecule has 1 aromatic heterocycles. The van der Waals surface area contributed by atoms with Crippen molar-refractivity contribution < 1.29 is 14.5 Å². The smallest absolute Gasteiger partial charge is 0.273 e. The highest BCUT2D eigenvalue weighted by Crippen LogP contribution is 2.28. The molecule has 13 heteroatoms. The molecule has 0 bridgehead atoms. The number of carbonyl (C=O) groups is 2. The minimum atomic E-state index is -0.547. The minimum Gasteiger partial charge on any atom is -0.325 e. The zero-order valence-electron chi connectivity index (χ0n) is 15.7. The van der Waals surface area contributed by atoms with E-state index in [9.17, 15) is 19.7 Å². The topological polar surface area (TPSA) is 127 Å². The van der Waals surface area contributed by atoms with Crippen molar-refractivity contribution in [2.45, 2.75) is 11.3 Å². The Kier molecular flexibility index (Phi) is 7.44. The minimum absolute atomic E-state index is 0.0623. The molecule has 9 nitrogen and oxygen atoms in total. The van der Waals surface area contributed by atoms with E-state index in [4.69, 9.17) is 23.2 Å². The average Bonchev–Trinajstić information content (AvgIpc) is 3.16. The van der Waals surface area contributed by atoms with E-state index < -0.39 is 10.8 Å². The molecule has 0 saturated heterocycles. The molecule has 2 amide bonds. The van der Waals surface area contributed by atoms with Crippen molar-refractivity contribution in [2.24, 2.45) is 0 Å². The molecule has 3 rings (SSSR count). The van der Waals surface area contributed by atoms with Crippen LogP contribution < -0.4 is 10.6 Å². The fourth-order valence-corrected chi connectivity index (χ4v) is 4.29. The van der Waals surface area contributed by atoms with Crippen LogP contribution in [0.3, 0.4) is 0 Å². The van der Waals surface area contributed by atoms with Crippen LogP contribution in [0.15, 0.2) is 40.7 Å². The third-order valence-electron chi connectivity index (χ3n) is 3.90. The molecule has 3 aromatic rings. The van der Waals surface area contributed by atoms with Gasteiger partial charge in [-0.05, 0) is 31.2 Å². The summed E-state index contributed by atoms with van der Waals surface area (Å²) in [5.41, 5.74) is 0.786. The van der Waals surface area contributed by atoms with Crippen molar-refractivity contribution in [2.75, 3.05) is 16.4 Å². The molecule has 0 unspecified atom stereocenters. The fourth-order valence-electron chi connectivity index (χ4n) is 2.45. The first kappa shape index (κ1) is 22.9. The Morgan fingerprint density at radius 2 is 1.94 bits per heavy atom. The molecule has 0 fully saturated rings. The van der Waals surface area contributed by atoms with E-state index in [1.54, 1.807) is 18.2 Å². The first-order valence-corrected chi connectivity index (χ1v) is 11.1. The lowest BCUT2D eigenvalue weighted by Gasteiger charge is -2.05. The van der Waals surface area contributed by atoms with Gasteiger partial charge in [0, 0.05) is 22.9 Å². The second kappa shape index (κ2) is 10.1. The van der Waals surface area contributed by atoms with E-state index in [2.05, 4.69) is 20.8 Å². The second-order valence-electron chi connectivity index (χ2n) is 6.00. The summed E-state index contributed by atoms with van der Waals surface area (Å²) in [5, 5.41) is 25.0. The van der Waals surface area contributed by atoms with Gasteiger partial charge in [-0.2, -0.15) is 0 Å². The quantitative estimate of drug-likeness (QED) is 0.202. The number of nitro benzene ring substituents is 1. The molecule has 0 aliphatic rings. The number of nitro groups is 1. The number of carbonyl (C=O) groups excluding carboxylic acids is 2. The van der Waals surface area contributed by atoms with Gasteiger partial charge >= 0.3 is 0 Å². The lowest BCUT2D eigenvalue weighted by molar-refractivity contribution is -0.385. The summed E-state index contributed by atoms with van der Waals surface area (Å²) in [5.74, 6) is -0.755. The number of nitrogens with zero attached hydrogens (tertiary/aromatic N) is 3. The number of nitrogens with one attached hydrogen (secondary N) is 2. The van der Waals surface area contributed by atoms with Gasteiger partial charge in [-0.25, -0.2) is 0 Å². The highest BCUT2D eigenvalue weighted by Gasteiger charge is 2.19. The Hall–Kier alpha value is -2.73. The van der Waals surface area contributed by atoms with Crippen LogP contribution in [0.1, 0.15) is 15.9 Å². The average molecular weight is 498 g/mol. The number of aromatic nitrogens is 2. The number of hydrogen-bond acceptors (Lipinski definition) is 8. The number of rotatable bonds is 7. The number of anilines is 2. The van der Waals surface area contributed by atoms with Gasteiger partial charge in [-0.15, -0.1) is 10.2 Å². The molecule has 160 valence electrons. The monoisotopic (exact) mass is 497 g/mol. The van der Waals surface area contributed by atoms with Crippen molar-refractivity contribution >= 4 is 74.6 Å². The van der Waals surface area contributed by atoms with Crippen LogP contribution in [0.5, 0.6) is 0 Å². The summed E-state index contributed by atoms with van der Waals surface area (Å²) in [6.07, 6.45) is 0. The molecule has 0 saturated carbocycles. The molecule has 0 aliphatic heterocycles. The van der Waals surface area contributed by atoms with Gasteiger partial charge < -0.3 is 5.32 Å². The van der Waals surface area contributed by atoms with Crippen LogP contribution in [-0.4, -0.2) is 32.7 Å². The zero-order chi connectivity index (χ0) is 22.5. The molecule has 0 spiro atoms. The molecule has 31 heavy (non-hydrogen) atoms. The summed E-state index contributed by atoms with van der Waals surface area (Å²) in [7, 11) is 0. The first-order valence-electron chi connectivity index (χ1n) is 8.51. The fraction of sp³-hybridized carbons (Fsp3) is 0.111. The number of thioether (sulfide) groups is 1. The zero-order valence-corrected chi connectivity index (χ0v) is 18.9. The maximum atomic E-state index is 12.5. The van der Waals surface area contributed by atoms with Gasteiger partial charge in [0.25, 0.3) is 11.6 Å². The Labute approximate surface area is 194 Å². The molecule has 1 heterocycles. The lowest BCUT2D eigenvalue weighted by atomic mass is 10.1. The van der Waals surface area contributed by atoms with Crippen LogP contribution in [-0.2, 0) is 4.79 Å². The van der Waals surface area contributed by atoms with Crippen LogP contribution in [0.4, 0.5) is 16.5 Å². The molecule has 2 N–H and O–H groups in total. The molecule has 2 aromatic carbocycles. The standard InChI is InChI=1S/C18H13Cl2N5O4S2/c1-9-11(3-2-4-14(9)25(28)29)16(27)22-17-23-24-18(31-17)30-8-15(26)21-10-5-6-12(19)13(20)7-10/h2-7H,8H2,1H3,(H,21,26)(H,22,23,27). The largest absolute Gasteiger partial charge is 0.325 e. The van der Waals surface area contributed by atoms with E-state index in [-0.39, 0.29) is 33.6 Å². The van der Waals surface area contributed by atoms with Crippen molar-refractivity contribution in [1.82, 2.24) is 10.2 Å². The maximum Gasteiger partial charge on any atom is 0.273 e. The first-order chi connectivity index (χ1) is 14.7. The number of hydrogen-bond donors (Lipinski definition) is 2. The van der Waals surface area contributed by atoms with Gasteiger partial charge in [0.2, 0.25) is 11.0 Å². The summed E-state index contributed by atoms with van der Waals surface area (Å²) >= 11 is 14.0. The van der Waals surface area contributed by atoms with Gasteiger partial charge in [0.05, 0.1) is 20.7 Å². The predicted molar refractivity (Wildman–Crippen MR) is 122 cm³/mol. The highest BCUT2D eigenvalue weighted by atomic mass is 35.5. The van der Waals surface area contributed by atoms with Crippen LogP contribution in [0.25, 0.3) is 0 Å². The normalized spacial score (nSPS) is 10.5. The number of amides is 2. The van der Waals surface area contributed by atoms with E-state index in [1.807, 2.05) is 0 Å². The van der Waals surface area contributed by atoms with Gasteiger partial charge in [-0.3, -0.25) is 25.0 Å². The van der Waals surface area contributed by atoms with E-state index in [0.29, 0.717) is 20.1 Å². The number of halogens is 2. The molecule has 0 aliphatic carbocycles.